The second-order valence-corrected chi connectivity index (χ2v) is 4.49. The van der Waals surface area contributed by atoms with Crippen molar-refractivity contribution >= 4 is 11.6 Å². The lowest BCUT2D eigenvalue weighted by Gasteiger charge is -2.26. The van der Waals surface area contributed by atoms with Crippen molar-refractivity contribution in [3.8, 4) is 0 Å². The molecule has 1 amide bonds. The second kappa shape index (κ2) is 5.27. The van der Waals surface area contributed by atoms with Crippen molar-refractivity contribution in [1.82, 2.24) is 4.98 Å². The van der Waals surface area contributed by atoms with Gasteiger partial charge in [-0.3, -0.25) is 9.78 Å². The fourth-order valence-corrected chi connectivity index (χ4v) is 2.49. The van der Waals surface area contributed by atoms with Crippen LogP contribution in [0.15, 0.2) is 24.5 Å². The highest BCUT2D eigenvalue weighted by molar-refractivity contribution is 5.95. The minimum atomic E-state index is -0.0110. The first-order chi connectivity index (χ1) is 8.24. The number of amides is 1. The molecule has 2 N–H and O–H groups in total. The zero-order chi connectivity index (χ0) is 12.3. The standard InChI is InChI=1S/C13H19N3O/c1-2-16(10-6-8-15-9-7-10)13(17)11-4-3-5-12(11)14/h6-9,11-12H,2-5,14H2,1H3. The summed E-state index contributed by atoms with van der Waals surface area (Å²) < 4.78 is 0. The Bertz CT molecular complexity index is 380. The van der Waals surface area contributed by atoms with E-state index in [4.69, 9.17) is 5.73 Å². The van der Waals surface area contributed by atoms with Gasteiger partial charge in [-0.25, -0.2) is 0 Å². The lowest BCUT2D eigenvalue weighted by atomic mass is 10.0. The molecule has 0 radical (unpaired) electrons. The highest BCUT2D eigenvalue weighted by Crippen LogP contribution is 2.27. The third-order valence-electron chi connectivity index (χ3n) is 3.44. The zero-order valence-corrected chi connectivity index (χ0v) is 10.2. The molecule has 0 aromatic carbocycles. The SMILES string of the molecule is CCN(C(=O)C1CCCC1N)c1ccncc1. The average Bonchev–Trinajstić information content (AvgIpc) is 2.77. The number of hydrogen-bond donors (Lipinski definition) is 1. The summed E-state index contributed by atoms with van der Waals surface area (Å²) in [5.41, 5.74) is 6.90. The molecule has 1 aliphatic carbocycles. The first-order valence-electron chi connectivity index (χ1n) is 6.21. The topological polar surface area (TPSA) is 59.2 Å². The van der Waals surface area contributed by atoms with Crippen LogP contribution in [-0.2, 0) is 4.79 Å². The summed E-state index contributed by atoms with van der Waals surface area (Å²) in [6, 6.07) is 3.75. The van der Waals surface area contributed by atoms with Crippen molar-refractivity contribution in [1.29, 1.82) is 0 Å². The van der Waals surface area contributed by atoms with Gasteiger partial charge in [0.05, 0.1) is 5.92 Å². The quantitative estimate of drug-likeness (QED) is 0.862. The van der Waals surface area contributed by atoms with E-state index < -0.39 is 0 Å². The number of pyridine rings is 1. The van der Waals surface area contributed by atoms with Gasteiger partial charge in [0.2, 0.25) is 5.91 Å². The van der Waals surface area contributed by atoms with Gasteiger partial charge in [-0.05, 0) is 31.9 Å². The van der Waals surface area contributed by atoms with Crippen molar-refractivity contribution in [2.75, 3.05) is 11.4 Å². The number of carbonyl (C=O) groups excluding carboxylic acids is 1. The molecule has 0 aliphatic heterocycles. The van der Waals surface area contributed by atoms with Gasteiger partial charge in [0.25, 0.3) is 0 Å². The fraction of sp³-hybridized carbons (Fsp3) is 0.538. The Morgan fingerprint density at radius 1 is 1.47 bits per heavy atom. The molecule has 4 nitrogen and oxygen atoms in total. The molecular formula is C13H19N3O. The largest absolute Gasteiger partial charge is 0.327 e. The van der Waals surface area contributed by atoms with Crippen molar-refractivity contribution in [3.05, 3.63) is 24.5 Å². The predicted molar refractivity (Wildman–Crippen MR) is 67.6 cm³/mol. The molecule has 2 rings (SSSR count). The molecule has 0 bridgehead atoms. The Kier molecular flexibility index (Phi) is 3.74. The van der Waals surface area contributed by atoms with E-state index in [9.17, 15) is 4.79 Å². The van der Waals surface area contributed by atoms with Gasteiger partial charge in [-0.2, -0.15) is 0 Å². The molecule has 4 heteroatoms. The van der Waals surface area contributed by atoms with E-state index in [-0.39, 0.29) is 17.9 Å². The van der Waals surface area contributed by atoms with Gasteiger partial charge < -0.3 is 10.6 Å². The molecule has 2 atom stereocenters. The minimum Gasteiger partial charge on any atom is -0.327 e. The average molecular weight is 233 g/mol. The molecular weight excluding hydrogens is 214 g/mol. The Hall–Kier alpha value is -1.42. The third kappa shape index (κ3) is 2.47. The molecule has 1 aromatic heterocycles. The van der Waals surface area contributed by atoms with Crippen LogP contribution in [0.4, 0.5) is 5.69 Å². The van der Waals surface area contributed by atoms with E-state index in [2.05, 4.69) is 4.98 Å². The van der Waals surface area contributed by atoms with Crippen molar-refractivity contribution in [3.63, 3.8) is 0 Å². The van der Waals surface area contributed by atoms with Crippen LogP contribution in [0.25, 0.3) is 0 Å². The number of carbonyl (C=O) groups is 1. The van der Waals surface area contributed by atoms with Crippen LogP contribution in [0.2, 0.25) is 0 Å². The molecule has 1 heterocycles. The monoisotopic (exact) mass is 233 g/mol. The number of aromatic nitrogens is 1. The van der Waals surface area contributed by atoms with Gasteiger partial charge in [0.1, 0.15) is 0 Å². The fourth-order valence-electron chi connectivity index (χ4n) is 2.49. The van der Waals surface area contributed by atoms with E-state index in [0.29, 0.717) is 6.54 Å². The Balaban J connectivity index is 2.16. The molecule has 17 heavy (non-hydrogen) atoms. The van der Waals surface area contributed by atoms with Gasteiger partial charge in [0.15, 0.2) is 0 Å². The van der Waals surface area contributed by atoms with E-state index >= 15 is 0 Å². The van der Waals surface area contributed by atoms with Gasteiger partial charge in [0, 0.05) is 30.7 Å². The number of rotatable bonds is 3. The zero-order valence-electron chi connectivity index (χ0n) is 10.2. The van der Waals surface area contributed by atoms with Crippen LogP contribution in [0, 0.1) is 5.92 Å². The normalized spacial score (nSPS) is 23.6. The van der Waals surface area contributed by atoms with E-state index in [1.165, 1.54) is 0 Å². The summed E-state index contributed by atoms with van der Waals surface area (Å²) in [6.07, 6.45) is 6.36. The maximum atomic E-state index is 12.4. The van der Waals surface area contributed by atoms with Crippen molar-refractivity contribution < 1.29 is 4.79 Å². The Morgan fingerprint density at radius 3 is 2.71 bits per heavy atom. The highest BCUT2D eigenvalue weighted by Gasteiger charge is 2.33. The summed E-state index contributed by atoms with van der Waals surface area (Å²) in [6.45, 7) is 2.66. The van der Waals surface area contributed by atoms with Crippen LogP contribution in [0.1, 0.15) is 26.2 Å². The molecule has 0 spiro atoms. The first-order valence-corrected chi connectivity index (χ1v) is 6.21. The van der Waals surface area contributed by atoms with Crippen LogP contribution in [0.3, 0.4) is 0 Å². The molecule has 1 saturated carbocycles. The Labute approximate surface area is 102 Å². The molecule has 1 fully saturated rings. The molecule has 1 aliphatic rings. The number of nitrogens with zero attached hydrogens (tertiary/aromatic N) is 2. The summed E-state index contributed by atoms with van der Waals surface area (Å²) in [4.78, 5) is 18.2. The van der Waals surface area contributed by atoms with Crippen LogP contribution in [-0.4, -0.2) is 23.5 Å². The number of nitrogens with two attached hydrogens (primary N) is 1. The van der Waals surface area contributed by atoms with Gasteiger partial charge in [-0.1, -0.05) is 6.42 Å². The molecule has 1 aromatic rings. The maximum Gasteiger partial charge on any atom is 0.231 e. The van der Waals surface area contributed by atoms with E-state index in [1.54, 1.807) is 17.3 Å². The second-order valence-electron chi connectivity index (χ2n) is 4.49. The summed E-state index contributed by atoms with van der Waals surface area (Å²) in [7, 11) is 0. The van der Waals surface area contributed by atoms with Crippen molar-refractivity contribution in [2.24, 2.45) is 11.7 Å². The predicted octanol–water partition coefficient (Wildman–Crippen LogP) is 1.56. The maximum absolute atomic E-state index is 12.4. The van der Waals surface area contributed by atoms with Gasteiger partial charge in [-0.15, -0.1) is 0 Å². The summed E-state index contributed by atoms with van der Waals surface area (Å²) >= 11 is 0. The van der Waals surface area contributed by atoms with E-state index in [0.717, 1.165) is 24.9 Å². The lowest BCUT2D eigenvalue weighted by molar-refractivity contribution is -0.122. The van der Waals surface area contributed by atoms with Gasteiger partial charge >= 0.3 is 0 Å². The molecule has 2 unspecified atom stereocenters. The van der Waals surface area contributed by atoms with Crippen LogP contribution in [0.5, 0.6) is 0 Å². The number of anilines is 1. The highest BCUT2D eigenvalue weighted by atomic mass is 16.2. The smallest absolute Gasteiger partial charge is 0.231 e. The number of hydrogen-bond acceptors (Lipinski definition) is 3. The van der Waals surface area contributed by atoms with Crippen LogP contribution < -0.4 is 10.6 Å². The lowest BCUT2D eigenvalue weighted by Crippen LogP contribution is -2.41. The van der Waals surface area contributed by atoms with Crippen LogP contribution >= 0.6 is 0 Å². The molecule has 0 saturated heterocycles. The molecule has 92 valence electrons. The first kappa shape index (κ1) is 12.0. The Morgan fingerprint density at radius 2 is 2.18 bits per heavy atom. The summed E-state index contributed by atoms with van der Waals surface area (Å²) in [5, 5.41) is 0. The van der Waals surface area contributed by atoms with E-state index in [1.807, 2.05) is 19.1 Å². The third-order valence-corrected chi connectivity index (χ3v) is 3.44. The van der Waals surface area contributed by atoms with Crippen molar-refractivity contribution in [2.45, 2.75) is 32.2 Å². The summed E-state index contributed by atoms with van der Waals surface area (Å²) in [5.74, 6) is 0.145. The minimum absolute atomic E-state index is 0.0110.